The smallest absolute Gasteiger partial charge is 0.197 e. The maximum atomic E-state index is 11.2. The highest BCUT2D eigenvalue weighted by Crippen LogP contribution is 2.33. The lowest BCUT2D eigenvalue weighted by Gasteiger charge is -2.19. The summed E-state index contributed by atoms with van der Waals surface area (Å²) in [6, 6.07) is 0. The molecule has 0 fully saturated rings. The zero-order chi connectivity index (χ0) is 9.26. The Labute approximate surface area is 78.0 Å². The lowest BCUT2D eigenvalue weighted by atomic mass is 9.87. The van der Waals surface area contributed by atoms with Gasteiger partial charge in [0.25, 0.3) is 0 Å². The van der Waals surface area contributed by atoms with Crippen LogP contribution in [-0.4, -0.2) is 10.9 Å². The average Bonchev–Trinajstić information content (AvgIpc) is 2.62. The van der Waals surface area contributed by atoms with Gasteiger partial charge in [0.2, 0.25) is 0 Å². The molecule has 2 rings (SSSR count). The van der Waals surface area contributed by atoms with E-state index in [9.17, 15) is 9.90 Å². The number of Topliss-reactive ketones (excluding diaryl/α,β-unsaturated/α-hetero) is 1. The summed E-state index contributed by atoms with van der Waals surface area (Å²) in [4.78, 5) is 11.2. The molecule has 0 aromatic rings. The lowest BCUT2D eigenvalue weighted by molar-refractivity contribution is -0.118. The second-order valence-corrected chi connectivity index (χ2v) is 3.76. The first-order valence-corrected chi connectivity index (χ1v) is 4.91. The number of hydrogen-bond donors (Lipinski definition) is 1. The first-order chi connectivity index (χ1) is 6.29. The van der Waals surface area contributed by atoms with Gasteiger partial charge in [-0.25, -0.2) is 0 Å². The van der Waals surface area contributed by atoms with Gasteiger partial charge in [0.1, 0.15) is 0 Å². The van der Waals surface area contributed by atoms with E-state index >= 15 is 0 Å². The summed E-state index contributed by atoms with van der Waals surface area (Å²) < 4.78 is 0. The molecule has 0 saturated heterocycles. The summed E-state index contributed by atoms with van der Waals surface area (Å²) in [6.07, 6.45) is 8.71. The predicted octanol–water partition coefficient (Wildman–Crippen LogP) is 2.52. The maximum absolute atomic E-state index is 11.2. The first kappa shape index (κ1) is 8.54. The zero-order valence-electron chi connectivity index (χ0n) is 7.62. The molecule has 0 unspecified atom stereocenters. The van der Waals surface area contributed by atoms with Crippen LogP contribution in [0.15, 0.2) is 23.5 Å². The lowest BCUT2D eigenvalue weighted by Crippen LogP contribution is -2.15. The number of hydrogen-bond acceptors (Lipinski definition) is 2. The van der Waals surface area contributed by atoms with E-state index in [4.69, 9.17) is 0 Å². The molecule has 13 heavy (non-hydrogen) atoms. The van der Waals surface area contributed by atoms with Crippen LogP contribution in [0.2, 0.25) is 0 Å². The summed E-state index contributed by atoms with van der Waals surface area (Å²) in [6.45, 7) is 0. The molecule has 1 atom stereocenters. The SMILES string of the molecule is O=C1CCCC([C@H]2C=CCC2)=C1O. The van der Waals surface area contributed by atoms with Gasteiger partial charge in [-0.3, -0.25) is 4.79 Å². The van der Waals surface area contributed by atoms with Crippen molar-refractivity contribution < 1.29 is 9.90 Å². The van der Waals surface area contributed by atoms with Gasteiger partial charge in [-0.2, -0.15) is 0 Å². The third-order valence-electron chi connectivity index (χ3n) is 2.88. The largest absolute Gasteiger partial charge is 0.504 e. The van der Waals surface area contributed by atoms with E-state index in [0.29, 0.717) is 12.3 Å². The molecule has 2 nitrogen and oxygen atoms in total. The molecule has 2 aliphatic rings. The van der Waals surface area contributed by atoms with Crippen molar-refractivity contribution in [1.82, 2.24) is 0 Å². The van der Waals surface area contributed by atoms with E-state index in [0.717, 1.165) is 31.3 Å². The van der Waals surface area contributed by atoms with E-state index in [1.807, 2.05) is 0 Å². The Hall–Kier alpha value is -1.05. The number of allylic oxidation sites excluding steroid dienone is 4. The minimum Gasteiger partial charge on any atom is -0.504 e. The Balaban J connectivity index is 2.24. The zero-order valence-corrected chi connectivity index (χ0v) is 7.62. The normalized spacial score (nSPS) is 28.6. The molecular formula is C11H14O2. The molecule has 70 valence electrons. The van der Waals surface area contributed by atoms with Crippen LogP contribution < -0.4 is 0 Å². The summed E-state index contributed by atoms with van der Waals surface area (Å²) in [5.74, 6) is 0.327. The maximum Gasteiger partial charge on any atom is 0.197 e. The highest BCUT2D eigenvalue weighted by atomic mass is 16.3. The molecule has 0 aromatic carbocycles. The molecule has 2 aliphatic carbocycles. The topological polar surface area (TPSA) is 37.3 Å². The molecule has 1 N–H and O–H groups in total. The minimum atomic E-state index is -0.0680. The monoisotopic (exact) mass is 178 g/mol. The van der Waals surface area contributed by atoms with Crippen molar-refractivity contribution in [2.75, 3.05) is 0 Å². The Morgan fingerprint density at radius 2 is 2.23 bits per heavy atom. The summed E-state index contributed by atoms with van der Waals surface area (Å²) in [5.41, 5.74) is 0.977. The fraction of sp³-hybridized carbons (Fsp3) is 0.545. The van der Waals surface area contributed by atoms with Gasteiger partial charge < -0.3 is 5.11 Å². The van der Waals surface area contributed by atoms with Crippen LogP contribution >= 0.6 is 0 Å². The van der Waals surface area contributed by atoms with Gasteiger partial charge in [0.15, 0.2) is 11.5 Å². The van der Waals surface area contributed by atoms with E-state index < -0.39 is 0 Å². The van der Waals surface area contributed by atoms with Crippen LogP contribution in [0.5, 0.6) is 0 Å². The molecule has 0 aliphatic heterocycles. The van der Waals surface area contributed by atoms with E-state index in [2.05, 4.69) is 12.2 Å². The van der Waals surface area contributed by atoms with Crippen molar-refractivity contribution in [3.8, 4) is 0 Å². The predicted molar refractivity (Wildman–Crippen MR) is 50.4 cm³/mol. The minimum absolute atomic E-state index is 0.0581. The fourth-order valence-corrected chi connectivity index (χ4v) is 2.14. The highest BCUT2D eigenvalue weighted by Gasteiger charge is 2.25. The molecular weight excluding hydrogens is 164 g/mol. The van der Waals surface area contributed by atoms with Gasteiger partial charge in [0.05, 0.1) is 0 Å². The van der Waals surface area contributed by atoms with Crippen molar-refractivity contribution in [1.29, 1.82) is 0 Å². The van der Waals surface area contributed by atoms with Crippen molar-refractivity contribution >= 4 is 5.78 Å². The van der Waals surface area contributed by atoms with Crippen LogP contribution in [0.1, 0.15) is 32.1 Å². The molecule has 0 bridgehead atoms. The summed E-state index contributed by atoms with van der Waals surface area (Å²) in [7, 11) is 0. The van der Waals surface area contributed by atoms with Gasteiger partial charge in [0, 0.05) is 12.3 Å². The van der Waals surface area contributed by atoms with Gasteiger partial charge in [-0.05, 0) is 31.3 Å². The molecule has 0 aromatic heterocycles. The fourth-order valence-electron chi connectivity index (χ4n) is 2.14. The molecule has 0 radical (unpaired) electrons. The van der Waals surface area contributed by atoms with E-state index in [1.165, 1.54) is 0 Å². The summed E-state index contributed by atoms with van der Waals surface area (Å²) in [5, 5.41) is 9.59. The Bertz CT molecular complexity index is 286. The molecule has 0 spiro atoms. The third-order valence-corrected chi connectivity index (χ3v) is 2.88. The van der Waals surface area contributed by atoms with E-state index in [1.54, 1.807) is 0 Å². The number of ketones is 1. The van der Waals surface area contributed by atoms with Crippen molar-refractivity contribution in [2.45, 2.75) is 32.1 Å². The number of rotatable bonds is 1. The Morgan fingerprint density at radius 1 is 1.38 bits per heavy atom. The van der Waals surface area contributed by atoms with Crippen LogP contribution in [0.3, 0.4) is 0 Å². The van der Waals surface area contributed by atoms with Gasteiger partial charge in [-0.1, -0.05) is 12.2 Å². The molecule has 0 amide bonds. The third kappa shape index (κ3) is 1.53. The second-order valence-electron chi connectivity index (χ2n) is 3.76. The van der Waals surface area contributed by atoms with Crippen LogP contribution in [0, 0.1) is 5.92 Å². The van der Waals surface area contributed by atoms with E-state index in [-0.39, 0.29) is 11.5 Å². The van der Waals surface area contributed by atoms with Crippen molar-refractivity contribution in [2.24, 2.45) is 5.92 Å². The van der Waals surface area contributed by atoms with Crippen molar-refractivity contribution in [3.05, 3.63) is 23.5 Å². The standard InChI is InChI=1S/C11H14O2/c12-10-7-3-6-9(11(10)13)8-4-1-2-5-8/h1,4,8,13H,2-3,5-7H2/t8-/m0/s1. The van der Waals surface area contributed by atoms with Gasteiger partial charge in [-0.15, -0.1) is 0 Å². The Kier molecular flexibility index (Phi) is 2.21. The van der Waals surface area contributed by atoms with Crippen LogP contribution in [0.4, 0.5) is 0 Å². The highest BCUT2D eigenvalue weighted by molar-refractivity contribution is 5.94. The molecule has 0 saturated carbocycles. The number of aliphatic hydroxyl groups is 1. The summed E-state index contributed by atoms with van der Waals surface area (Å²) >= 11 is 0. The number of aliphatic hydroxyl groups excluding tert-OH is 1. The number of carbonyl (C=O) groups is 1. The quantitative estimate of drug-likeness (QED) is 0.626. The molecule has 2 heteroatoms. The average molecular weight is 178 g/mol. The first-order valence-electron chi connectivity index (χ1n) is 4.91. The van der Waals surface area contributed by atoms with Crippen molar-refractivity contribution in [3.63, 3.8) is 0 Å². The van der Waals surface area contributed by atoms with Crippen LogP contribution in [0.25, 0.3) is 0 Å². The van der Waals surface area contributed by atoms with Crippen LogP contribution in [-0.2, 0) is 4.79 Å². The van der Waals surface area contributed by atoms with Gasteiger partial charge >= 0.3 is 0 Å². The number of carbonyl (C=O) groups excluding carboxylic acids is 1. The molecule has 0 heterocycles. The second kappa shape index (κ2) is 3.36. The Morgan fingerprint density at radius 3 is 2.92 bits per heavy atom.